The van der Waals surface area contributed by atoms with Crippen LogP contribution in [0.25, 0.3) is 0 Å². The molecule has 0 saturated carbocycles. The van der Waals surface area contributed by atoms with Crippen molar-refractivity contribution in [1.29, 1.82) is 0 Å². The average molecular weight is 476 g/mol. The van der Waals surface area contributed by atoms with E-state index in [2.05, 4.69) is 10.2 Å². The van der Waals surface area contributed by atoms with Crippen molar-refractivity contribution in [3.8, 4) is 0 Å². The second-order valence-corrected chi connectivity index (χ2v) is 8.60. The standard InChI is InChI=1S/C23H23Cl2N3O4/c1-14(28-22(30)16-11-18(24)19(25)12-17(16)23(28)31)21(29)26-13-20(15-5-3-2-4-6-15)27-7-9-32-10-8-27/h2-6,11-12,14,20H,7-10,13H2,1H3,(H,26,29). The molecule has 1 saturated heterocycles. The summed E-state index contributed by atoms with van der Waals surface area (Å²) in [5.74, 6) is -1.52. The molecule has 1 N–H and O–H groups in total. The zero-order chi connectivity index (χ0) is 22.8. The van der Waals surface area contributed by atoms with Crippen molar-refractivity contribution < 1.29 is 19.1 Å². The molecule has 0 aromatic heterocycles. The fraction of sp³-hybridized carbons (Fsp3) is 0.348. The Morgan fingerprint density at radius 2 is 1.59 bits per heavy atom. The van der Waals surface area contributed by atoms with Crippen molar-refractivity contribution in [2.24, 2.45) is 0 Å². The Morgan fingerprint density at radius 1 is 1.03 bits per heavy atom. The number of hydrogen-bond acceptors (Lipinski definition) is 5. The van der Waals surface area contributed by atoms with Crippen LogP contribution in [0.1, 0.15) is 39.2 Å². The molecule has 2 aliphatic rings. The number of hydrogen-bond donors (Lipinski definition) is 1. The van der Waals surface area contributed by atoms with E-state index in [9.17, 15) is 14.4 Å². The highest BCUT2D eigenvalue weighted by Gasteiger charge is 2.41. The number of ether oxygens (including phenoxy) is 1. The minimum absolute atomic E-state index is 0.0453. The minimum atomic E-state index is -0.985. The van der Waals surface area contributed by atoms with Gasteiger partial charge in [0.05, 0.1) is 40.4 Å². The second kappa shape index (κ2) is 9.58. The third-order valence-electron chi connectivity index (χ3n) is 5.87. The van der Waals surface area contributed by atoms with Crippen molar-refractivity contribution in [2.45, 2.75) is 19.0 Å². The van der Waals surface area contributed by atoms with Gasteiger partial charge in [-0.1, -0.05) is 53.5 Å². The summed E-state index contributed by atoms with van der Waals surface area (Å²) < 4.78 is 5.46. The molecule has 2 atom stereocenters. The molecule has 2 unspecified atom stereocenters. The van der Waals surface area contributed by atoms with Crippen LogP contribution in [-0.4, -0.2) is 66.4 Å². The lowest BCUT2D eigenvalue weighted by Gasteiger charge is -2.35. The Labute approximate surface area is 196 Å². The van der Waals surface area contributed by atoms with Gasteiger partial charge in [0.1, 0.15) is 6.04 Å². The Balaban J connectivity index is 1.48. The maximum Gasteiger partial charge on any atom is 0.262 e. The van der Waals surface area contributed by atoms with E-state index in [1.54, 1.807) is 0 Å². The van der Waals surface area contributed by atoms with Crippen LogP contribution in [-0.2, 0) is 9.53 Å². The lowest BCUT2D eigenvalue weighted by Crippen LogP contribution is -2.50. The summed E-state index contributed by atoms with van der Waals surface area (Å²) in [6.07, 6.45) is 0. The van der Waals surface area contributed by atoms with Gasteiger partial charge in [0.2, 0.25) is 5.91 Å². The van der Waals surface area contributed by atoms with Crippen LogP contribution >= 0.6 is 23.2 Å². The molecule has 0 radical (unpaired) electrons. The van der Waals surface area contributed by atoms with Gasteiger partial charge in [0, 0.05) is 19.6 Å². The number of amides is 3. The third kappa shape index (κ3) is 4.38. The van der Waals surface area contributed by atoms with Crippen LogP contribution in [0.15, 0.2) is 42.5 Å². The zero-order valence-electron chi connectivity index (χ0n) is 17.5. The van der Waals surface area contributed by atoms with Gasteiger partial charge in [0.15, 0.2) is 0 Å². The van der Waals surface area contributed by atoms with Crippen LogP contribution in [0.4, 0.5) is 0 Å². The van der Waals surface area contributed by atoms with Crippen molar-refractivity contribution >= 4 is 40.9 Å². The van der Waals surface area contributed by atoms with E-state index in [4.69, 9.17) is 27.9 Å². The summed E-state index contributed by atoms with van der Waals surface area (Å²) in [5, 5.41) is 3.29. The van der Waals surface area contributed by atoms with Gasteiger partial charge in [-0.2, -0.15) is 0 Å². The quantitative estimate of drug-likeness (QED) is 0.649. The molecule has 0 bridgehead atoms. The fourth-order valence-electron chi connectivity index (χ4n) is 4.09. The maximum absolute atomic E-state index is 13.0. The number of nitrogens with zero attached hydrogens (tertiary/aromatic N) is 2. The van der Waals surface area contributed by atoms with E-state index < -0.39 is 23.8 Å². The molecular formula is C23H23Cl2N3O4. The van der Waals surface area contributed by atoms with Crippen LogP contribution < -0.4 is 5.32 Å². The lowest BCUT2D eigenvalue weighted by atomic mass is 10.0. The predicted octanol–water partition coefficient (Wildman–Crippen LogP) is 3.17. The Bertz CT molecular complexity index is 1000. The number of benzene rings is 2. The fourth-order valence-corrected chi connectivity index (χ4v) is 4.42. The summed E-state index contributed by atoms with van der Waals surface area (Å²) >= 11 is 12.0. The molecule has 3 amide bonds. The summed E-state index contributed by atoms with van der Waals surface area (Å²) in [6, 6.07) is 11.6. The first kappa shape index (κ1) is 22.7. The normalized spacial score (nSPS) is 18.4. The number of rotatable bonds is 6. The molecule has 0 aliphatic carbocycles. The Morgan fingerprint density at radius 3 is 2.16 bits per heavy atom. The van der Waals surface area contributed by atoms with E-state index in [0.29, 0.717) is 19.8 Å². The summed E-state index contributed by atoms with van der Waals surface area (Å²) in [6.45, 7) is 4.65. The van der Waals surface area contributed by atoms with Crippen LogP contribution in [0.5, 0.6) is 0 Å². The second-order valence-electron chi connectivity index (χ2n) is 7.79. The third-order valence-corrected chi connectivity index (χ3v) is 6.59. The van der Waals surface area contributed by atoms with Crippen LogP contribution in [0.2, 0.25) is 10.0 Å². The monoisotopic (exact) mass is 475 g/mol. The molecule has 0 spiro atoms. The first-order chi connectivity index (χ1) is 15.4. The summed E-state index contributed by atoms with van der Waals surface area (Å²) in [5.41, 5.74) is 1.38. The van der Waals surface area contributed by atoms with Crippen molar-refractivity contribution in [2.75, 3.05) is 32.8 Å². The largest absolute Gasteiger partial charge is 0.379 e. The van der Waals surface area contributed by atoms with Crippen LogP contribution in [0.3, 0.4) is 0 Å². The molecule has 7 nitrogen and oxygen atoms in total. The van der Waals surface area contributed by atoms with Gasteiger partial charge in [-0.05, 0) is 24.6 Å². The Kier molecular flexibility index (Phi) is 6.81. The molecule has 32 heavy (non-hydrogen) atoms. The molecule has 2 aromatic rings. The number of imide groups is 1. The van der Waals surface area contributed by atoms with E-state index in [1.807, 2.05) is 30.3 Å². The van der Waals surface area contributed by atoms with Gasteiger partial charge in [-0.3, -0.25) is 24.2 Å². The van der Waals surface area contributed by atoms with E-state index in [0.717, 1.165) is 23.6 Å². The molecule has 2 heterocycles. The predicted molar refractivity (Wildman–Crippen MR) is 121 cm³/mol. The highest BCUT2D eigenvalue weighted by Crippen LogP contribution is 2.32. The molecular weight excluding hydrogens is 453 g/mol. The number of carbonyl (C=O) groups is 3. The molecule has 9 heteroatoms. The molecule has 2 aliphatic heterocycles. The van der Waals surface area contributed by atoms with E-state index in [-0.39, 0.29) is 27.2 Å². The lowest BCUT2D eigenvalue weighted by molar-refractivity contribution is -0.124. The van der Waals surface area contributed by atoms with Crippen LogP contribution in [0, 0.1) is 0 Å². The molecule has 168 valence electrons. The highest BCUT2D eigenvalue weighted by molar-refractivity contribution is 6.43. The van der Waals surface area contributed by atoms with Crippen molar-refractivity contribution in [3.05, 3.63) is 69.2 Å². The number of halogens is 2. The van der Waals surface area contributed by atoms with Crippen molar-refractivity contribution in [1.82, 2.24) is 15.1 Å². The number of carbonyl (C=O) groups excluding carboxylic acids is 3. The Hall–Kier alpha value is -2.45. The topological polar surface area (TPSA) is 79.0 Å². The average Bonchev–Trinajstić information content (AvgIpc) is 3.04. The molecule has 2 aromatic carbocycles. The maximum atomic E-state index is 13.0. The zero-order valence-corrected chi connectivity index (χ0v) is 19.0. The smallest absolute Gasteiger partial charge is 0.262 e. The molecule has 4 rings (SSSR count). The van der Waals surface area contributed by atoms with Crippen molar-refractivity contribution in [3.63, 3.8) is 0 Å². The first-order valence-corrected chi connectivity index (χ1v) is 11.2. The van der Waals surface area contributed by atoms with Gasteiger partial charge >= 0.3 is 0 Å². The van der Waals surface area contributed by atoms with Gasteiger partial charge in [-0.15, -0.1) is 0 Å². The number of nitrogens with one attached hydrogen (secondary N) is 1. The van der Waals surface area contributed by atoms with Gasteiger partial charge in [-0.25, -0.2) is 0 Å². The molecule has 1 fully saturated rings. The van der Waals surface area contributed by atoms with Gasteiger partial charge in [0.25, 0.3) is 11.8 Å². The number of fused-ring (bicyclic) bond motifs is 1. The van der Waals surface area contributed by atoms with E-state index >= 15 is 0 Å². The summed E-state index contributed by atoms with van der Waals surface area (Å²) in [4.78, 5) is 41.8. The van der Waals surface area contributed by atoms with Gasteiger partial charge < -0.3 is 10.1 Å². The SMILES string of the molecule is CC(C(=O)NCC(c1ccccc1)N1CCOCC1)N1C(=O)c2cc(Cl)c(Cl)cc2C1=O. The minimum Gasteiger partial charge on any atom is -0.379 e. The summed E-state index contributed by atoms with van der Waals surface area (Å²) in [7, 11) is 0. The highest BCUT2D eigenvalue weighted by atomic mass is 35.5. The number of morpholine rings is 1. The van der Waals surface area contributed by atoms with E-state index in [1.165, 1.54) is 19.1 Å². The first-order valence-electron chi connectivity index (χ1n) is 10.4.